The van der Waals surface area contributed by atoms with E-state index in [1.807, 2.05) is 6.07 Å². The van der Waals surface area contributed by atoms with Crippen molar-refractivity contribution in [2.45, 2.75) is 11.3 Å². The Bertz CT molecular complexity index is 1050. The SMILES string of the molecule is NS(=O)(=O)c1ccc(Cc2cnc(NC(=O)c3ccccc3Br)s2)cc1. The lowest BCUT2D eigenvalue weighted by Crippen LogP contribution is -2.12. The second kappa shape index (κ2) is 7.67. The molecule has 26 heavy (non-hydrogen) atoms. The first-order valence-corrected chi connectivity index (χ1v) is 10.6. The Morgan fingerprint density at radius 2 is 1.85 bits per heavy atom. The molecule has 9 heteroatoms. The van der Waals surface area contributed by atoms with E-state index in [0.717, 1.165) is 10.4 Å². The number of anilines is 1. The third-order valence-electron chi connectivity index (χ3n) is 3.52. The van der Waals surface area contributed by atoms with Gasteiger partial charge in [0, 0.05) is 22.0 Å². The third kappa shape index (κ3) is 4.55. The second-order valence-electron chi connectivity index (χ2n) is 5.43. The van der Waals surface area contributed by atoms with Crippen molar-refractivity contribution in [1.82, 2.24) is 4.98 Å². The number of nitrogens with one attached hydrogen (secondary N) is 1. The van der Waals surface area contributed by atoms with Gasteiger partial charge < -0.3 is 0 Å². The summed E-state index contributed by atoms with van der Waals surface area (Å²) in [7, 11) is -3.69. The van der Waals surface area contributed by atoms with E-state index in [-0.39, 0.29) is 10.8 Å². The van der Waals surface area contributed by atoms with Crippen molar-refractivity contribution < 1.29 is 13.2 Å². The molecule has 0 fully saturated rings. The monoisotopic (exact) mass is 451 g/mol. The third-order valence-corrected chi connectivity index (χ3v) is 6.06. The van der Waals surface area contributed by atoms with Gasteiger partial charge in [-0.25, -0.2) is 18.5 Å². The molecular formula is C17H14BrN3O3S2. The van der Waals surface area contributed by atoms with Gasteiger partial charge in [0.15, 0.2) is 5.13 Å². The summed E-state index contributed by atoms with van der Waals surface area (Å²) < 4.78 is 23.3. The van der Waals surface area contributed by atoms with Crippen LogP contribution in [-0.4, -0.2) is 19.3 Å². The summed E-state index contributed by atoms with van der Waals surface area (Å²) in [6.45, 7) is 0. The zero-order valence-electron chi connectivity index (χ0n) is 13.3. The molecular weight excluding hydrogens is 438 g/mol. The number of hydrogen-bond acceptors (Lipinski definition) is 5. The average Bonchev–Trinajstić information content (AvgIpc) is 3.01. The number of halogens is 1. The van der Waals surface area contributed by atoms with Crippen molar-refractivity contribution in [2.75, 3.05) is 5.32 Å². The number of sulfonamides is 1. The number of benzene rings is 2. The van der Waals surface area contributed by atoms with Crippen LogP contribution in [0, 0.1) is 0 Å². The van der Waals surface area contributed by atoms with Gasteiger partial charge >= 0.3 is 0 Å². The number of amides is 1. The number of rotatable bonds is 5. The number of nitrogens with zero attached hydrogens (tertiary/aromatic N) is 1. The summed E-state index contributed by atoms with van der Waals surface area (Å²) in [6, 6.07) is 13.5. The highest BCUT2D eigenvalue weighted by molar-refractivity contribution is 9.10. The fraction of sp³-hybridized carbons (Fsp3) is 0.0588. The molecule has 3 N–H and O–H groups in total. The van der Waals surface area contributed by atoms with E-state index in [1.54, 1.807) is 36.5 Å². The molecule has 0 aliphatic rings. The van der Waals surface area contributed by atoms with Crippen molar-refractivity contribution in [2.24, 2.45) is 5.14 Å². The summed E-state index contributed by atoms with van der Waals surface area (Å²) in [6.07, 6.45) is 2.27. The first-order chi connectivity index (χ1) is 12.3. The molecule has 0 radical (unpaired) electrons. The van der Waals surface area contributed by atoms with Crippen LogP contribution in [0.15, 0.2) is 64.1 Å². The van der Waals surface area contributed by atoms with Crippen molar-refractivity contribution in [3.63, 3.8) is 0 Å². The van der Waals surface area contributed by atoms with Crippen LogP contribution in [0.5, 0.6) is 0 Å². The van der Waals surface area contributed by atoms with Crippen molar-refractivity contribution in [3.05, 3.63) is 75.2 Å². The van der Waals surface area contributed by atoms with Crippen molar-refractivity contribution in [3.8, 4) is 0 Å². The van der Waals surface area contributed by atoms with Crippen LogP contribution in [0.25, 0.3) is 0 Å². The van der Waals surface area contributed by atoms with Gasteiger partial charge in [0.2, 0.25) is 10.0 Å². The number of hydrogen-bond donors (Lipinski definition) is 2. The Morgan fingerprint density at radius 3 is 2.50 bits per heavy atom. The fourth-order valence-electron chi connectivity index (χ4n) is 2.25. The lowest BCUT2D eigenvalue weighted by Gasteiger charge is -2.03. The number of thiazole rings is 1. The largest absolute Gasteiger partial charge is 0.298 e. The highest BCUT2D eigenvalue weighted by Gasteiger charge is 2.12. The topological polar surface area (TPSA) is 102 Å². The Morgan fingerprint density at radius 1 is 1.15 bits per heavy atom. The number of carbonyl (C=O) groups is 1. The van der Waals surface area contributed by atoms with Gasteiger partial charge in [0.25, 0.3) is 5.91 Å². The minimum atomic E-state index is -3.69. The molecule has 1 heterocycles. The van der Waals surface area contributed by atoms with Crippen LogP contribution in [0.2, 0.25) is 0 Å². The van der Waals surface area contributed by atoms with Gasteiger partial charge in [-0.1, -0.05) is 24.3 Å². The predicted octanol–water partition coefficient (Wildman–Crippen LogP) is 3.40. The van der Waals surface area contributed by atoms with E-state index < -0.39 is 10.0 Å². The Balaban J connectivity index is 1.68. The van der Waals surface area contributed by atoms with Crippen LogP contribution in [0.4, 0.5) is 5.13 Å². The molecule has 0 aliphatic heterocycles. The predicted molar refractivity (Wildman–Crippen MR) is 105 cm³/mol. The molecule has 0 atom stereocenters. The van der Waals surface area contributed by atoms with E-state index in [0.29, 0.717) is 21.6 Å². The first-order valence-electron chi connectivity index (χ1n) is 7.45. The molecule has 2 aromatic carbocycles. The lowest BCUT2D eigenvalue weighted by atomic mass is 10.1. The maximum absolute atomic E-state index is 12.3. The molecule has 0 aliphatic carbocycles. The van der Waals surface area contributed by atoms with E-state index in [4.69, 9.17) is 5.14 Å². The number of carbonyl (C=O) groups excluding carboxylic acids is 1. The highest BCUT2D eigenvalue weighted by atomic mass is 79.9. The zero-order chi connectivity index (χ0) is 18.7. The van der Waals surface area contributed by atoms with Gasteiger partial charge in [-0.3, -0.25) is 10.1 Å². The molecule has 3 rings (SSSR count). The second-order valence-corrected chi connectivity index (χ2v) is 8.96. The molecule has 0 unspecified atom stereocenters. The van der Waals surface area contributed by atoms with Crippen molar-refractivity contribution in [1.29, 1.82) is 0 Å². The average molecular weight is 452 g/mol. The zero-order valence-corrected chi connectivity index (χ0v) is 16.6. The van der Waals surface area contributed by atoms with Crippen molar-refractivity contribution >= 4 is 48.3 Å². The van der Waals surface area contributed by atoms with Gasteiger partial charge in [-0.05, 0) is 45.8 Å². The Labute approximate surface area is 163 Å². The molecule has 134 valence electrons. The quantitative estimate of drug-likeness (QED) is 0.620. The maximum atomic E-state index is 12.3. The minimum absolute atomic E-state index is 0.0759. The summed E-state index contributed by atoms with van der Waals surface area (Å²) in [5.41, 5.74) is 1.45. The molecule has 1 aromatic heterocycles. The summed E-state index contributed by atoms with van der Waals surface area (Å²) >= 11 is 4.71. The molecule has 0 bridgehead atoms. The standard InChI is InChI=1S/C17H14BrN3O3S2/c18-15-4-2-1-3-14(15)16(22)21-17-20-10-12(25-17)9-11-5-7-13(8-6-11)26(19,23)24/h1-8,10H,9H2,(H2,19,23,24)(H,20,21,22). The van der Waals surface area contributed by atoms with E-state index in [2.05, 4.69) is 26.2 Å². The highest BCUT2D eigenvalue weighted by Crippen LogP contribution is 2.23. The maximum Gasteiger partial charge on any atom is 0.258 e. The van der Waals surface area contributed by atoms with E-state index in [9.17, 15) is 13.2 Å². The molecule has 0 spiro atoms. The Hall–Kier alpha value is -2.07. The van der Waals surface area contributed by atoms with Crippen LogP contribution >= 0.6 is 27.3 Å². The van der Waals surface area contributed by atoms with Gasteiger partial charge in [-0.15, -0.1) is 11.3 Å². The van der Waals surface area contributed by atoms with Crippen LogP contribution in [-0.2, 0) is 16.4 Å². The lowest BCUT2D eigenvalue weighted by molar-refractivity contribution is 0.102. The molecule has 3 aromatic rings. The first kappa shape index (κ1) is 18.7. The van der Waals surface area contributed by atoms with E-state index in [1.165, 1.54) is 23.5 Å². The molecule has 0 saturated heterocycles. The molecule has 6 nitrogen and oxygen atoms in total. The fourth-order valence-corrected chi connectivity index (χ4v) is 4.08. The van der Waals surface area contributed by atoms with Gasteiger partial charge in [0.05, 0.1) is 10.5 Å². The van der Waals surface area contributed by atoms with Crippen LogP contribution in [0.3, 0.4) is 0 Å². The smallest absolute Gasteiger partial charge is 0.258 e. The van der Waals surface area contributed by atoms with Gasteiger partial charge in [0.1, 0.15) is 0 Å². The number of aromatic nitrogens is 1. The Kier molecular flexibility index (Phi) is 5.52. The summed E-state index contributed by atoms with van der Waals surface area (Å²) in [4.78, 5) is 17.5. The number of nitrogens with two attached hydrogens (primary N) is 1. The van der Waals surface area contributed by atoms with Gasteiger partial charge in [-0.2, -0.15) is 0 Å². The normalized spacial score (nSPS) is 11.3. The van der Waals surface area contributed by atoms with Crippen LogP contribution < -0.4 is 10.5 Å². The summed E-state index contributed by atoms with van der Waals surface area (Å²) in [5, 5.41) is 8.37. The molecule has 1 amide bonds. The number of primary sulfonamides is 1. The summed E-state index contributed by atoms with van der Waals surface area (Å²) in [5.74, 6) is -0.240. The molecule has 0 saturated carbocycles. The minimum Gasteiger partial charge on any atom is -0.298 e. The van der Waals surface area contributed by atoms with Crippen LogP contribution in [0.1, 0.15) is 20.8 Å². The van der Waals surface area contributed by atoms with E-state index >= 15 is 0 Å².